The first-order valence-electron chi connectivity index (χ1n) is 4.77. The second-order valence-electron chi connectivity index (χ2n) is 3.34. The van der Waals surface area contributed by atoms with Gasteiger partial charge in [0.1, 0.15) is 0 Å². The van der Waals surface area contributed by atoms with Crippen LogP contribution in [0.5, 0.6) is 0 Å². The van der Waals surface area contributed by atoms with Crippen LogP contribution < -0.4 is 0 Å². The van der Waals surface area contributed by atoms with E-state index in [9.17, 15) is 9.59 Å². The van der Waals surface area contributed by atoms with Gasteiger partial charge < -0.3 is 10.2 Å². The van der Waals surface area contributed by atoms with Gasteiger partial charge in [0, 0.05) is 6.08 Å². The van der Waals surface area contributed by atoms with Gasteiger partial charge in [0.2, 0.25) is 0 Å². The molecule has 0 aliphatic heterocycles. The maximum atomic E-state index is 10.5. The molecule has 1 rings (SSSR count). The summed E-state index contributed by atoms with van der Waals surface area (Å²) in [5.41, 5.74) is 1.62. The number of carboxylic acid groups (broad SMARTS) is 2. The van der Waals surface area contributed by atoms with E-state index in [2.05, 4.69) is 0 Å². The van der Waals surface area contributed by atoms with E-state index in [1.54, 1.807) is 18.2 Å². The highest BCUT2D eigenvalue weighted by molar-refractivity contribution is 5.79. The van der Waals surface area contributed by atoms with Crippen molar-refractivity contribution in [2.24, 2.45) is 0 Å². The maximum Gasteiger partial charge on any atom is 0.327 e. The molecule has 0 heterocycles. The van der Waals surface area contributed by atoms with E-state index in [4.69, 9.17) is 10.2 Å². The lowest BCUT2D eigenvalue weighted by atomic mass is 10.1. The number of benzene rings is 1. The maximum absolute atomic E-state index is 10.5. The summed E-state index contributed by atoms with van der Waals surface area (Å²) in [7, 11) is 0. The van der Waals surface area contributed by atoms with Crippen LogP contribution in [-0.4, -0.2) is 22.2 Å². The Labute approximate surface area is 92.8 Å². The monoisotopic (exact) mass is 220 g/mol. The first-order valence-corrected chi connectivity index (χ1v) is 4.77. The number of hydrogen-bond acceptors (Lipinski definition) is 2. The fourth-order valence-corrected chi connectivity index (χ4v) is 1.34. The molecule has 0 aromatic heterocycles. The second kappa shape index (κ2) is 5.70. The van der Waals surface area contributed by atoms with Gasteiger partial charge in [0.25, 0.3) is 0 Å². The van der Waals surface area contributed by atoms with Crippen LogP contribution in [0.15, 0.2) is 36.4 Å². The molecule has 0 unspecified atom stereocenters. The Morgan fingerprint density at radius 2 is 1.88 bits per heavy atom. The van der Waals surface area contributed by atoms with E-state index >= 15 is 0 Å². The van der Waals surface area contributed by atoms with E-state index in [0.29, 0.717) is 12.0 Å². The van der Waals surface area contributed by atoms with Crippen molar-refractivity contribution >= 4 is 11.9 Å². The summed E-state index contributed by atoms with van der Waals surface area (Å²) in [5, 5.41) is 17.0. The predicted molar refractivity (Wildman–Crippen MR) is 58.3 cm³/mol. The summed E-state index contributed by atoms with van der Waals surface area (Å²) in [6, 6.07) is 7.10. The molecule has 0 aliphatic carbocycles. The molecule has 4 heteroatoms. The summed E-state index contributed by atoms with van der Waals surface area (Å²) >= 11 is 0. The molecule has 1 aromatic carbocycles. The zero-order chi connectivity index (χ0) is 12.0. The van der Waals surface area contributed by atoms with Crippen LogP contribution >= 0.6 is 0 Å². The standard InChI is InChI=1S/C12H12O4/c13-11(14)6-2-4-9-3-1-5-10(7-9)8-12(15)16/h1-3,5-7H,4,8H2,(H,13,14)(H,15,16)/b6-2+. The van der Waals surface area contributed by atoms with E-state index in [-0.39, 0.29) is 6.42 Å². The molecule has 1 aromatic rings. The molecular formula is C12H12O4. The summed E-state index contributed by atoms with van der Waals surface area (Å²) < 4.78 is 0. The fourth-order valence-electron chi connectivity index (χ4n) is 1.34. The van der Waals surface area contributed by atoms with E-state index in [1.807, 2.05) is 6.07 Å². The SMILES string of the molecule is O=C(O)/C=C/Cc1cccc(CC(=O)O)c1. The normalized spacial score (nSPS) is 10.5. The minimum Gasteiger partial charge on any atom is -0.481 e. The molecule has 0 atom stereocenters. The van der Waals surface area contributed by atoms with Crippen LogP contribution in [0.25, 0.3) is 0 Å². The number of hydrogen-bond donors (Lipinski definition) is 2. The quantitative estimate of drug-likeness (QED) is 0.737. The van der Waals surface area contributed by atoms with Crippen molar-refractivity contribution in [1.82, 2.24) is 0 Å². The second-order valence-corrected chi connectivity index (χ2v) is 3.34. The van der Waals surface area contributed by atoms with Gasteiger partial charge in [-0.3, -0.25) is 4.79 Å². The Morgan fingerprint density at radius 1 is 1.19 bits per heavy atom. The van der Waals surface area contributed by atoms with E-state index in [0.717, 1.165) is 11.6 Å². The smallest absolute Gasteiger partial charge is 0.327 e. The fraction of sp³-hybridized carbons (Fsp3) is 0.167. The average molecular weight is 220 g/mol. The van der Waals surface area contributed by atoms with Gasteiger partial charge in [-0.2, -0.15) is 0 Å². The molecule has 0 saturated carbocycles. The van der Waals surface area contributed by atoms with Crippen LogP contribution in [0.4, 0.5) is 0 Å². The van der Waals surface area contributed by atoms with Crippen LogP contribution in [0.2, 0.25) is 0 Å². The molecule has 0 amide bonds. The Bertz CT molecular complexity index is 421. The van der Waals surface area contributed by atoms with Gasteiger partial charge in [0.15, 0.2) is 0 Å². The zero-order valence-corrected chi connectivity index (χ0v) is 8.59. The van der Waals surface area contributed by atoms with Crippen LogP contribution in [0, 0.1) is 0 Å². The van der Waals surface area contributed by atoms with Crippen molar-refractivity contribution < 1.29 is 19.8 Å². The lowest BCUT2D eigenvalue weighted by Gasteiger charge is -2.00. The minimum atomic E-state index is -0.985. The van der Waals surface area contributed by atoms with E-state index in [1.165, 1.54) is 6.08 Å². The number of aliphatic carboxylic acids is 2. The summed E-state index contributed by atoms with van der Waals surface area (Å²) in [4.78, 5) is 20.7. The van der Waals surface area contributed by atoms with Gasteiger partial charge in [-0.1, -0.05) is 30.3 Å². The minimum absolute atomic E-state index is 0.0174. The molecule has 16 heavy (non-hydrogen) atoms. The van der Waals surface area contributed by atoms with Crippen molar-refractivity contribution in [3.63, 3.8) is 0 Å². The number of carboxylic acids is 2. The molecule has 0 saturated heterocycles. The first-order chi connectivity index (χ1) is 7.58. The summed E-state index contributed by atoms with van der Waals surface area (Å²) in [6.45, 7) is 0. The van der Waals surface area contributed by atoms with Gasteiger partial charge in [-0.25, -0.2) is 4.79 Å². The highest BCUT2D eigenvalue weighted by Crippen LogP contribution is 2.07. The number of rotatable bonds is 5. The van der Waals surface area contributed by atoms with E-state index < -0.39 is 11.9 Å². The molecule has 0 radical (unpaired) electrons. The third kappa shape index (κ3) is 4.41. The molecule has 0 spiro atoms. The van der Waals surface area contributed by atoms with Crippen molar-refractivity contribution in [1.29, 1.82) is 0 Å². The molecule has 0 bridgehead atoms. The Kier molecular flexibility index (Phi) is 4.27. The largest absolute Gasteiger partial charge is 0.481 e. The molecular weight excluding hydrogens is 208 g/mol. The Balaban J connectivity index is 2.67. The topological polar surface area (TPSA) is 74.6 Å². The van der Waals surface area contributed by atoms with Gasteiger partial charge >= 0.3 is 11.9 Å². The van der Waals surface area contributed by atoms with Crippen molar-refractivity contribution in [3.8, 4) is 0 Å². The Hall–Kier alpha value is -2.10. The first kappa shape index (κ1) is 12.0. The molecule has 84 valence electrons. The number of allylic oxidation sites excluding steroid dienone is 1. The lowest BCUT2D eigenvalue weighted by molar-refractivity contribution is -0.136. The van der Waals surface area contributed by atoms with Crippen molar-refractivity contribution in [3.05, 3.63) is 47.5 Å². The van der Waals surface area contributed by atoms with Gasteiger partial charge in [-0.05, 0) is 17.5 Å². The highest BCUT2D eigenvalue weighted by atomic mass is 16.4. The molecule has 0 fully saturated rings. The number of carbonyl (C=O) groups is 2. The van der Waals surface area contributed by atoms with Crippen molar-refractivity contribution in [2.75, 3.05) is 0 Å². The lowest BCUT2D eigenvalue weighted by Crippen LogP contribution is -2.00. The third-order valence-electron chi connectivity index (χ3n) is 1.96. The predicted octanol–water partition coefficient (Wildman–Crippen LogP) is 1.50. The van der Waals surface area contributed by atoms with Crippen molar-refractivity contribution in [2.45, 2.75) is 12.8 Å². The molecule has 2 N–H and O–H groups in total. The summed E-state index contributed by atoms with van der Waals surface area (Å²) in [6.07, 6.45) is 3.07. The van der Waals surface area contributed by atoms with Crippen LogP contribution in [-0.2, 0) is 22.4 Å². The van der Waals surface area contributed by atoms with Gasteiger partial charge in [-0.15, -0.1) is 0 Å². The average Bonchev–Trinajstić information content (AvgIpc) is 2.16. The highest BCUT2D eigenvalue weighted by Gasteiger charge is 2.00. The molecule has 4 nitrogen and oxygen atoms in total. The van der Waals surface area contributed by atoms with Gasteiger partial charge in [0.05, 0.1) is 6.42 Å². The Morgan fingerprint density at radius 3 is 2.50 bits per heavy atom. The summed E-state index contributed by atoms with van der Waals surface area (Å²) in [5.74, 6) is -1.86. The molecule has 0 aliphatic rings. The third-order valence-corrected chi connectivity index (χ3v) is 1.96. The zero-order valence-electron chi connectivity index (χ0n) is 8.59. The van der Waals surface area contributed by atoms with Crippen LogP contribution in [0.3, 0.4) is 0 Å². The van der Waals surface area contributed by atoms with Crippen LogP contribution in [0.1, 0.15) is 11.1 Å².